The van der Waals surface area contributed by atoms with Crippen LogP contribution in [-0.4, -0.2) is 16.1 Å². The molecule has 2 aliphatic carbocycles. The quantitative estimate of drug-likeness (QED) is 0.849. The number of aromatic nitrogens is 2. The molecule has 4 nitrogen and oxygen atoms in total. The van der Waals surface area contributed by atoms with Crippen LogP contribution in [-0.2, 0) is 4.79 Å². The lowest BCUT2D eigenvalue weighted by Gasteiger charge is -2.21. The number of nitrogens with zero attached hydrogens (tertiary/aromatic N) is 2. The molecule has 0 aromatic carbocycles. The molecule has 0 radical (unpaired) electrons. The number of fused-ring (bicyclic) bond motifs is 1. The van der Waals surface area contributed by atoms with Crippen molar-refractivity contribution < 1.29 is 4.79 Å². The van der Waals surface area contributed by atoms with E-state index in [1.165, 1.54) is 19.3 Å². The molecule has 2 atom stereocenters. The summed E-state index contributed by atoms with van der Waals surface area (Å²) >= 11 is 0. The molecule has 1 N–H and O–H groups in total. The maximum Gasteiger partial charge on any atom is 0.230 e. The first-order valence-electron chi connectivity index (χ1n) is 6.31. The van der Waals surface area contributed by atoms with Crippen molar-refractivity contribution in [2.75, 3.05) is 5.32 Å². The Hall–Kier alpha value is -1.45. The molecule has 2 aliphatic rings. The number of hydrogen-bond acceptors (Lipinski definition) is 3. The van der Waals surface area contributed by atoms with E-state index < -0.39 is 0 Å². The second-order valence-electron chi connectivity index (χ2n) is 5.34. The van der Waals surface area contributed by atoms with Crippen LogP contribution in [0, 0.1) is 18.3 Å². The number of carbonyl (C=O) groups is 1. The number of carbonyl (C=O) groups excluding carboxylic acids is 1. The lowest BCUT2D eigenvalue weighted by molar-refractivity contribution is -0.122. The summed E-state index contributed by atoms with van der Waals surface area (Å²) in [6.07, 6.45) is 9.15. The molecule has 2 saturated carbocycles. The average molecular weight is 231 g/mol. The molecule has 1 amide bonds. The molecule has 0 bridgehead atoms. The third-order valence-electron chi connectivity index (χ3n) is 4.29. The molecule has 0 spiro atoms. The minimum atomic E-state index is -0.0477. The van der Waals surface area contributed by atoms with Crippen LogP contribution in [0.2, 0.25) is 0 Å². The maximum atomic E-state index is 12.3. The average Bonchev–Trinajstić information content (AvgIpc) is 3.08. The van der Waals surface area contributed by atoms with Gasteiger partial charge in [-0.25, -0.2) is 0 Å². The van der Waals surface area contributed by atoms with Gasteiger partial charge < -0.3 is 5.32 Å². The molecule has 90 valence electrons. The van der Waals surface area contributed by atoms with Crippen LogP contribution in [0.15, 0.2) is 12.4 Å². The van der Waals surface area contributed by atoms with Gasteiger partial charge in [0.25, 0.3) is 0 Å². The van der Waals surface area contributed by atoms with Gasteiger partial charge in [0, 0.05) is 0 Å². The first-order valence-corrected chi connectivity index (χ1v) is 6.31. The summed E-state index contributed by atoms with van der Waals surface area (Å²) < 4.78 is 0. The molecule has 1 aromatic heterocycles. The summed E-state index contributed by atoms with van der Waals surface area (Å²) in [5.41, 5.74) is 1.72. The van der Waals surface area contributed by atoms with Crippen LogP contribution in [0.3, 0.4) is 0 Å². The zero-order valence-electron chi connectivity index (χ0n) is 10.1. The normalized spacial score (nSPS) is 30.5. The molecule has 0 saturated heterocycles. The van der Waals surface area contributed by atoms with Crippen molar-refractivity contribution in [3.05, 3.63) is 18.0 Å². The molecule has 2 unspecified atom stereocenters. The number of hydrogen-bond donors (Lipinski definition) is 1. The van der Waals surface area contributed by atoms with E-state index in [2.05, 4.69) is 15.5 Å². The largest absolute Gasteiger partial charge is 0.324 e. The van der Waals surface area contributed by atoms with E-state index in [1.54, 1.807) is 12.4 Å². The van der Waals surface area contributed by atoms with E-state index in [9.17, 15) is 4.79 Å². The van der Waals surface area contributed by atoms with Gasteiger partial charge in [-0.05, 0) is 37.7 Å². The fourth-order valence-corrected chi connectivity index (χ4v) is 3.05. The third kappa shape index (κ3) is 1.72. The van der Waals surface area contributed by atoms with Gasteiger partial charge in [-0.1, -0.05) is 12.8 Å². The molecular weight excluding hydrogens is 214 g/mol. The van der Waals surface area contributed by atoms with Crippen LogP contribution in [0.1, 0.15) is 37.7 Å². The van der Waals surface area contributed by atoms with E-state index in [-0.39, 0.29) is 11.3 Å². The van der Waals surface area contributed by atoms with Gasteiger partial charge in [0.1, 0.15) is 0 Å². The fraction of sp³-hybridized carbons (Fsp3) is 0.615. The van der Waals surface area contributed by atoms with Gasteiger partial charge in [0.2, 0.25) is 5.91 Å². The Balaban J connectivity index is 1.74. The lowest BCUT2D eigenvalue weighted by atomic mass is 9.87. The first-order chi connectivity index (χ1) is 8.22. The van der Waals surface area contributed by atoms with Crippen LogP contribution < -0.4 is 5.32 Å². The van der Waals surface area contributed by atoms with Gasteiger partial charge in [-0.3, -0.25) is 4.79 Å². The second kappa shape index (κ2) is 3.79. The van der Waals surface area contributed by atoms with E-state index in [0.717, 1.165) is 24.1 Å². The maximum absolute atomic E-state index is 12.3. The smallest absolute Gasteiger partial charge is 0.230 e. The topological polar surface area (TPSA) is 54.9 Å². The summed E-state index contributed by atoms with van der Waals surface area (Å²) in [6, 6.07) is 0. The summed E-state index contributed by atoms with van der Waals surface area (Å²) in [5, 5.41) is 10.6. The van der Waals surface area contributed by atoms with E-state index in [1.807, 2.05) is 6.92 Å². The monoisotopic (exact) mass is 231 g/mol. The summed E-state index contributed by atoms with van der Waals surface area (Å²) in [5.74, 6) is 0.824. The molecule has 4 heteroatoms. The number of aryl methyl sites for hydroxylation is 1. The Morgan fingerprint density at radius 1 is 1.41 bits per heavy atom. The van der Waals surface area contributed by atoms with Crippen LogP contribution >= 0.6 is 0 Å². The zero-order valence-corrected chi connectivity index (χ0v) is 10.1. The van der Waals surface area contributed by atoms with Gasteiger partial charge in [0.15, 0.2) is 0 Å². The number of amides is 1. The van der Waals surface area contributed by atoms with E-state index in [4.69, 9.17) is 0 Å². The Labute approximate surface area is 101 Å². The Kier molecular flexibility index (Phi) is 2.38. The number of rotatable bonds is 2. The summed E-state index contributed by atoms with van der Waals surface area (Å²) in [6.45, 7) is 1.94. The highest BCUT2D eigenvalue weighted by molar-refractivity contribution is 5.98. The molecule has 1 heterocycles. The van der Waals surface area contributed by atoms with Crippen molar-refractivity contribution in [2.45, 2.75) is 39.0 Å². The second-order valence-corrected chi connectivity index (χ2v) is 5.34. The minimum Gasteiger partial charge on any atom is -0.324 e. The zero-order chi connectivity index (χ0) is 11.9. The predicted molar refractivity (Wildman–Crippen MR) is 64.4 cm³/mol. The minimum absolute atomic E-state index is 0.0477. The molecule has 17 heavy (non-hydrogen) atoms. The van der Waals surface area contributed by atoms with Gasteiger partial charge in [-0.15, -0.1) is 0 Å². The predicted octanol–water partition coefficient (Wildman–Crippen LogP) is 2.30. The van der Waals surface area contributed by atoms with Gasteiger partial charge >= 0.3 is 0 Å². The first kappa shape index (κ1) is 10.7. The highest BCUT2D eigenvalue weighted by Gasteiger charge is 2.59. The summed E-state index contributed by atoms with van der Waals surface area (Å²) in [4.78, 5) is 12.3. The number of anilines is 1. The van der Waals surface area contributed by atoms with Gasteiger partial charge in [-0.2, -0.15) is 10.2 Å². The van der Waals surface area contributed by atoms with Crippen molar-refractivity contribution in [2.24, 2.45) is 11.3 Å². The molecule has 3 rings (SSSR count). The van der Waals surface area contributed by atoms with Crippen LogP contribution in [0.4, 0.5) is 5.69 Å². The van der Waals surface area contributed by atoms with E-state index in [0.29, 0.717) is 5.92 Å². The standard InChI is InChI=1S/C13H17N3O/c1-9-7-14-15-8-11(9)16-12(17)13-5-3-2-4-10(13)6-13/h7-8,10H,2-6H2,1H3,(H,14,16,17). The third-order valence-corrected chi connectivity index (χ3v) is 4.29. The van der Waals surface area contributed by atoms with Crippen molar-refractivity contribution in [3.63, 3.8) is 0 Å². The summed E-state index contributed by atoms with van der Waals surface area (Å²) in [7, 11) is 0. The fourth-order valence-electron chi connectivity index (χ4n) is 3.05. The van der Waals surface area contributed by atoms with Crippen LogP contribution in [0.25, 0.3) is 0 Å². The Morgan fingerprint density at radius 2 is 2.24 bits per heavy atom. The molecule has 1 aromatic rings. The molecule has 0 aliphatic heterocycles. The Morgan fingerprint density at radius 3 is 3.00 bits per heavy atom. The van der Waals surface area contributed by atoms with Crippen molar-refractivity contribution in [1.82, 2.24) is 10.2 Å². The Bertz CT molecular complexity index is 460. The highest BCUT2D eigenvalue weighted by atomic mass is 16.2. The van der Waals surface area contributed by atoms with E-state index >= 15 is 0 Å². The van der Waals surface area contributed by atoms with Crippen molar-refractivity contribution >= 4 is 11.6 Å². The highest BCUT2D eigenvalue weighted by Crippen LogP contribution is 2.61. The van der Waals surface area contributed by atoms with Crippen molar-refractivity contribution in [3.8, 4) is 0 Å². The SMILES string of the molecule is Cc1cnncc1NC(=O)C12CCCCC1C2. The van der Waals surface area contributed by atoms with Gasteiger partial charge in [0.05, 0.1) is 23.5 Å². The molecule has 2 fully saturated rings. The van der Waals surface area contributed by atoms with Crippen LogP contribution in [0.5, 0.6) is 0 Å². The molecular formula is C13H17N3O. The lowest BCUT2D eigenvalue weighted by Crippen LogP contribution is -2.28. The number of nitrogens with one attached hydrogen (secondary N) is 1. The van der Waals surface area contributed by atoms with Crippen molar-refractivity contribution in [1.29, 1.82) is 0 Å².